The Hall–Kier alpha value is -0.280. The van der Waals surface area contributed by atoms with Crippen LogP contribution in [0.4, 0.5) is 0 Å². The summed E-state index contributed by atoms with van der Waals surface area (Å²) in [5, 5.41) is 0. The van der Waals surface area contributed by atoms with Crippen molar-refractivity contribution in [2.75, 3.05) is 13.1 Å². The molecule has 18 heavy (non-hydrogen) atoms. The topological polar surface area (TPSA) is 46.3 Å². The zero-order chi connectivity index (χ0) is 12.8. The first-order chi connectivity index (χ1) is 8.04. The third-order valence-corrected chi connectivity index (χ3v) is 3.57. The van der Waals surface area contributed by atoms with Crippen molar-refractivity contribution in [3.8, 4) is 0 Å². The van der Waals surface area contributed by atoms with Crippen LogP contribution in [0, 0.1) is 11.8 Å². The van der Waals surface area contributed by atoms with Crippen LogP contribution >= 0.6 is 12.4 Å². The molecule has 1 saturated heterocycles. The van der Waals surface area contributed by atoms with Gasteiger partial charge in [0.1, 0.15) is 0 Å². The van der Waals surface area contributed by atoms with Crippen molar-refractivity contribution in [1.29, 1.82) is 0 Å². The lowest BCUT2D eigenvalue weighted by atomic mass is 9.93. The minimum Gasteiger partial charge on any atom is -0.341 e. The van der Waals surface area contributed by atoms with Crippen LogP contribution in [0.1, 0.15) is 52.9 Å². The SMILES string of the molecule is CCCC1CCCN(C(=O)[C@@H](N)CC(C)C)C1.Cl. The van der Waals surface area contributed by atoms with Gasteiger partial charge < -0.3 is 10.6 Å². The van der Waals surface area contributed by atoms with Gasteiger partial charge in [-0.15, -0.1) is 12.4 Å². The smallest absolute Gasteiger partial charge is 0.239 e. The van der Waals surface area contributed by atoms with Crippen molar-refractivity contribution < 1.29 is 4.79 Å². The predicted molar refractivity (Wildman–Crippen MR) is 78.9 cm³/mol. The third kappa shape index (κ3) is 5.57. The Balaban J connectivity index is 0.00000289. The Morgan fingerprint density at radius 1 is 1.44 bits per heavy atom. The number of hydrogen-bond donors (Lipinski definition) is 1. The molecule has 0 aromatic heterocycles. The highest BCUT2D eigenvalue weighted by molar-refractivity contribution is 5.85. The number of hydrogen-bond acceptors (Lipinski definition) is 2. The molecular formula is C14H29ClN2O. The third-order valence-electron chi connectivity index (χ3n) is 3.57. The second-order valence-electron chi connectivity index (χ2n) is 5.82. The van der Waals surface area contributed by atoms with Gasteiger partial charge in [0.2, 0.25) is 5.91 Å². The molecule has 0 spiro atoms. The molecule has 0 aromatic carbocycles. The van der Waals surface area contributed by atoms with Crippen molar-refractivity contribution in [1.82, 2.24) is 4.90 Å². The molecule has 1 unspecified atom stereocenters. The van der Waals surface area contributed by atoms with E-state index in [2.05, 4.69) is 20.8 Å². The highest BCUT2D eigenvalue weighted by Crippen LogP contribution is 2.21. The van der Waals surface area contributed by atoms with Crippen LogP contribution < -0.4 is 5.73 Å². The lowest BCUT2D eigenvalue weighted by Crippen LogP contribution is -2.48. The van der Waals surface area contributed by atoms with E-state index in [-0.39, 0.29) is 24.4 Å². The van der Waals surface area contributed by atoms with Gasteiger partial charge in [0.15, 0.2) is 0 Å². The lowest BCUT2D eigenvalue weighted by Gasteiger charge is -2.34. The van der Waals surface area contributed by atoms with Gasteiger partial charge in [-0.05, 0) is 37.5 Å². The van der Waals surface area contributed by atoms with Crippen molar-refractivity contribution in [3.05, 3.63) is 0 Å². The van der Waals surface area contributed by atoms with Gasteiger partial charge in [-0.1, -0.05) is 27.2 Å². The molecule has 0 bridgehead atoms. The number of carbonyl (C=O) groups excluding carboxylic acids is 1. The first-order valence-electron chi connectivity index (χ1n) is 7.09. The van der Waals surface area contributed by atoms with E-state index in [1.807, 2.05) is 4.90 Å². The van der Waals surface area contributed by atoms with Crippen molar-refractivity contribution in [2.45, 2.75) is 58.9 Å². The van der Waals surface area contributed by atoms with Crippen LogP contribution in [0.2, 0.25) is 0 Å². The van der Waals surface area contributed by atoms with Crippen LogP contribution in [0.25, 0.3) is 0 Å². The van der Waals surface area contributed by atoms with Gasteiger partial charge >= 0.3 is 0 Å². The summed E-state index contributed by atoms with van der Waals surface area (Å²) in [6.45, 7) is 8.28. The fourth-order valence-electron chi connectivity index (χ4n) is 2.75. The molecule has 108 valence electrons. The van der Waals surface area contributed by atoms with E-state index >= 15 is 0 Å². The second kappa shape index (κ2) is 8.76. The fraction of sp³-hybridized carbons (Fsp3) is 0.929. The molecule has 1 amide bonds. The zero-order valence-electron chi connectivity index (χ0n) is 12.0. The monoisotopic (exact) mass is 276 g/mol. The molecule has 0 radical (unpaired) electrons. The molecule has 1 fully saturated rings. The molecule has 1 aliphatic heterocycles. The Bertz CT molecular complexity index is 244. The number of piperidine rings is 1. The Kier molecular flexibility index (Phi) is 8.62. The lowest BCUT2D eigenvalue weighted by molar-refractivity contribution is -0.134. The summed E-state index contributed by atoms with van der Waals surface area (Å²) in [6, 6.07) is -0.296. The van der Waals surface area contributed by atoms with E-state index in [1.165, 1.54) is 19.3 Å². The number of likely N-dealkylation sites (tertiary alicyclic amines) is 1. The number of rotatable bonds is 5. The summed E-state index contributed by atoms with van der Waals surface area (Å²) in [6.07, 6.45) is 5.67. The highest BCUT2D eigenvalue weighted by Gasteiger charge is 2.26. The van der Waals surface area contributed by atoms with Gasteiger partial charge in [-0.3, -0.25) is 4.79 Å². The summed E-state index contributed by atoms with van der Waals surface area (Å²) in [5.74, 6) is 1.36. The van der Waals surface area contributed by atoms with Crippen molar-refractivity contribution >= 4 is 18.3 Å². The Morgan fingerprint density at radius 2 is 2.11 bits per heavy atom. The highest BCUT2D eigenvalue weighted by atomic mass is 35.5. The van der Waals surface area contributed by atoms with Crippen LogP contribution in [0.3, 0.4) is 0 Å². The Labute approximate surface area is 118 Å². The van der Waals surface area contributed by atoms with Gasteiger partial charge in [-0.2, -0.15) is 0 Å². The second-order valence-corrected chi connectivity index (χ2v) is 5.82. The minimum absolute atomic E-state index is 0. The summed E-state index contributed by atoms with van der Waals surface area (Å²) >= 11 is 0. The average molecular weight is 277 g/mol. The van der Waals surface area contributed by atoms with E-state index in [4.69, 9.17) is 5.73 Å². The molecule has 4 heteroatoms. The van der Waals surface area contributed by atoms with Crippen molar-refractivity contribution in [2.24, 2.45) is 17.6 Å². The number of nitrogens with two attached hydrogens (primary N) is 1. The van der Waals surface area contributed by atoms with Gasteiger partial charge in [-0.25, -0.2) is 0 Å². The van der Waals surface area contributed by atoms with Crippen molar-refractivity contribution in [3.63, 3.8) is 0 Å². The van der Waals surface area contributed by atoms with E-state index < -0.39 is 0 Å². The van der Waals surface area contributed by atoms with Gasteiger partial charge in [0.25, 0.3) is 0 Å². The number of nitrogens with zero attached hydrogens (tertiary/aromatic N) is 1. The predicted octanol–water partition coefficient (Wildman–Crippen LogP) is 2.82. The Morgan fingerprint density at radius 3 is 2.67 bits per heavy atom. The molecule has 1 aliphatic rings. The molecule has 1 rings (SSSR count). The van der Waals surface area contributed by atoms with Gasteiger partial charge in [0.05, 0.1) is 6.04 Å². The summed E-state index contributed by atoms with van der Waals surface area (Å²) < 4.78 is 0. The minimum atomic E-state index is -0.296. The molecule has 2 atom stereocenters. The van der Waals surface area contributed by atoms with Crippen LogP contribution in [-0.2, 0) is 4.79 Å². The van der Waals surface area contributed by atoms with E-state index in [0.717, 1.165) is 25.9 Å². The fourth-order valence-corrected chi connectivity index (χ4v) is 2.75. The normalized spacial score (nSPS) is 21.6. The molecule has 1 heterocycles. The molecule has 0 saturated carbocycles. The summed E-state index contributed by atoms with van der Waals surface area (Å²) in [4.78, 5) is 14.2. The molecular weight excluding hydrogens is 248 g/mol. The van der Waals surface area contributed by atoms with Crippen LogP contribution in [0.5, 0.6) is 0 Å². The standard InChI is InChI=1S/C14H28N2O.ClH/c1-4-6-12-7-5-8-16(10-12)14(17)13(15)9-11(2)3;/h11-13H,4-10,15H2,1-3H3;1H/t12?,13-;/m0./s1. The molecule has 0 aromatic rings. The molecule has 0 aliphatic carbocycles. The maximum absolute atomic E-state index is 12.2. The average Bonchev–Trinajstić information content (AvgIpc) is 2.28. The largest absolute Gasteiger partial charge is 0.341 e. The van der Waals surface area contributed by atoms with Crippen LogP contribution in [-0.4, -0.2) is 29.9 Å². The zero-order valence-corrected chi connectivity index (χ0v) is 12.8. The summed E-state index contributed by atoms with van der Waals surface area (Å²) in [7, 11) is 0. The molecule has 3 nitrogen and oxygen atoms in total. The maximum Gasteiger partial charge on any atom is 0.239 e. The summed E-state index contributed by atoms with van der Waals surface area (Å²) in [5.41, 5.74) is 5.98. The number of carbonyl (C=O) groups is 1. The van der Waals surface area contributed by atoms with E-state index in [1.54, 1.807) is 0 Å². The van der Waals surface area contributed by atoms with E-state index in [0.29, 0.717) is 11.8 Å². The number of halogens is 1. The van der Waals surface area contributed by atoms with E-state index in [9.17, 15) is 4.79 Å². The van der Waals surface area contributed by atoms with Crippen LogP contribution in [0.15, 0.2) is 0 Å². The first kappa shape index (κ1) is 17.7. The number of amides is 1. The quantitative estimate of drug-likeness (QED) is 0.839. The maximum atomic E-state index is 12.2. The first-order valence-corrected chi connectivity index (χ1v) is 7.09. The molecule has 2 N–H and O–H groups in total. The van der Waals surface area contributed by atoms with Gasteiger partial charge in [0, 0.05) is 13.1 Å².